The van der Waals surface area contributed by atoms with E-state index in [2.05, 4.69) is 15.6 Å². The lowest BCUT2D eigenvalue weighted by Gasteiger charge is -2.07. The Morgan fingerprint density at radius 3 is 2.48 bits per heavy atom. The van der Waals surface area contributed by atoms with Gasteiger partial charge in [0.05, 0.1) is 17.4 Å². The number of pyridine rings is 1. The van der Waals surface area contributed by atoms with Crippen LogP contribution in [0.4, 0.5) is 10.1 Å². The van der Waals surface area contributed by atoms with Crippen LogP contribution in [0.2, 0.25) is 0 Å². The zero-order valence-corrected chi connectivity index (χ0v) is 14.4. The van der Waals surface area contributed by atoms with E-state index in [1.807, 2.05) is 0 Å². The van der Waals surface area contributed by atoms with Crippen LogP contribution in [0.15, 0.2) is 18.3 Å². The van der Waals surface area contributed by atoms with Gasteiger partial charge < -0.3 is 15.2 Å². The van der Waals surface area contributed by atoms with Crippen molar-refractivity contribution in [2.45, 2.75) is 20.8 Å². The summed E-state index contributed by atoms with van der Waals surface area (Å²) in [6.07, 6.45) is 1.19. The molecule has 7 nitrogen and oxygen atoms in total. The highest BCUT2D eigenvalue weighted by atomic mass is 19.1. The maximum Gasteiger partial charge on any atom is 0.292 e. The van der Waals surface area contributed by atoms with Crippen molar-refractivity contribution in [1.29, 1.82) is 0 Å². The number of anilines is 1. The van der Waals surface area contributed by atoms with Gasteiger partial charge in [0.1, 0.15) is 5.69 Å². The topological polar surface area (TPSA) is 93.1 Å². The van der Waals surface area contributed by atoms with Crippen LogP contribution < -0.4 is 10.6 Å². The molecule has 0 radical (unpaired) electrons. The van der Waals surface area contributed by atoms with Crippen molar-refractivity contribution in [1.82, 2.24) is 14.9 Å². The molecule has 0 aromatic carbocycles. The zero-order valence-electron chi connectivity index (χ0n) is 14.4. The van der Waals surface area contributed by atoms with E-state index in [0.29, 0.717) is 23.5 Å². The second kappa shape index (κ2) is 7.25. The second-order valence-electron chi connectivity index (χ2n) is 5.51. The predicted molar refractivity (Wildman–Crippen MR) is 90.0 cm³/mol. The maximum atomic E-state index is 12.9. The summed E-state index contributed by atoms with van der Waals surface area (Å²) in [5.74, 6) is -2.53. The summed E-state index contributed by atoms with van der Waals surface area (Å²) in [7, 11) is 1.63. The first-order valence-electron chi connectivity index (χ1n) is 7.69. The molecule has 0 saturated carbocycles. The first-order valence-corrected chi connectivity index (χ1v) is 7.69. The Kier molecular flexibility index (Phi) is 5.31. The van der Waals surface area contributed by atoms with Gasteiger partial charge in [-0.25, -0.2) is 4.98 Å². The number of Topliss-reactive ketones (excluding diaryl/α,β-unsaturated/α-hetero) is 1. The van der Waals surface area contributed by atoms with Gasteiger partial charge in [-0.1, -0.05) is 0 Å². The molecule has 2 rings (SSSR count). The van der Waals surface area contributed by atoms with E-state index in [9.17, 15) is 18.8 Å². The molecular formula is C17H19FN4O3. The molecule has 0 aliphatic rings. The zero-order chi connectivity index (χ0) is 18.7. The van der Waals surface area contributed by atoms with Crippen LogP contribution in [-0.2, 0) is 11.8 Å². The van der Waals surface area contributed by atoms with E-state index >= 15 is 0 Å². The van der Waals surface area contributed by atoms with Gasteiger partial charge in [0.15, 0.2) is 0 Å². The van der Waals surface area contributed by atoms with Crippen molar-refractivity contribution < 1.29 is 18.8 Å². The number of carbonyl (C=O) groups is 3. The molecule has 0 aliphatic carbocycles. The Morgan fingerprint density at radius 2 is 1.92 bits per heavy atom. The fraction of sp³-hybridized carbons (Fsp3) is 0.294. The number of nitrogens with one attached hydrogen (secondary N) is 2. The highest BCUT2D eigenvalue weighted by Gasteiger charge is 2.28. The third kappa shape index (κ3) is 3.57. The Labute approximate surface area is 144 Å². The van der Waals surface area contributed by atoms with Crippen LogP contribution in [0.25, 0.3) is 0 Å². The van der Waals surface area contributed by atoms with Crippen molar-refractivity contribution in [3.8, 4) is 0 Å². The van der Waals surface area contributed by atoms with Crippen LogP contribution in [0.5, 0.6) is 0 Å². The van der Waals surface area contributed by atoms with Crippen molar-refractivity contribution in [2.75, 3.05) is 11.9 Å². The molecule has 2 amide bonds. The third-order valence-electron chi connectivity index (χ3n) is 3.90. The van der Waals surface area contributed by atoms with E-state index in [-0.39, 0.29) is 11.3 Å². The number of nitrogens with zero attached hydrogens (tertiary/aromatic N) is 2. The Balaban J connectivity index is 2.37. The van der Waals surface area contributed by atoms with Gasteiger partial charge >= 0.3 is 0 Å². The first kappa shape index (κ1) is 18.3. The monoisotopic (exact) mass is 346 g/mol. The summed E-state index contributed by atoms with van der Waals surface area (Å²) in [6.45, 7) is 5.32. The lowest BCUT2D eigenvalue weighted by molar-refractivity contribution is -0.116. The second-order valence-corrected chi connectivity index (χ2v) is 5.51. The highest BCUT2D eigenvalue weighted by Crippen LogP contribution is 2.23. The lowest BCUT2D eigenvalue weighted by Crippen LogP contribution is -2.31. The normalized spacial score (nSPS) is 10.4. The number of aromatic nitrogens is 2. The van der Waals surface area contributed by atoms with Gasteiger partial charge in [0.2, 0.25) is 5.95 Å². The Morgan fingerprint density at radius 1 is 1.24 bits per heavy atom. The average Bonchev–Trinajstić information content (AvgIpc) is 2.79. The van der Waals surface area contributed by atoms with Crippen molar-refractivity contribution >= 4 is 23.3 Å². The van der Waals surface area contributed by atoms with Crippen LogP contribution in [-0.4, -0.2) is 33.7 Å². The van der Waals surface area contributed by atoms with Crippen LogP contribution in [0.3, 0.4) is 0 Å². The quantitative estimate of drug-likeness (QED) is 0.490. The predicted octanol–water partition coefficient (Wildman–Crippen LogP) is 1.75. The number of halogens is 1. The molecule has 25 heavy (non-hydrogen) atoms. The number of likely N-dealkylation sites (N-methyl/N-ethyl adjacent to an activating group) is 1. The van der Waals surface area contributed by atoms with E-state index in [1.165, 1.54) is 12.3 Å². The Bertz CT molecular complexity index is 841. The molecule has 2 aromatic heterocycles. The minimum atomic E-state index is -0.714. The van der Waals surface area contributed by atoms with E-state index in [0.717, 1.165) is 6.07 Å². The van der Waals surface area contributed by atoms with Crippen LogP contribution >= 0.6 is 0 Å². The molecule has 0 spiro atoms. The molecule has 132 valence electrons. The molecule has 8 heteroatoms. The van der Waals surface area contributed by atoms with Crippen molar-refractivity contribution in [2.24, 2.45) is 7.05 Å². The van der Waals surface area contributed by atoms with Gasteiger partial charge in [-0.15, -0.1) is 0 Å². The molecule has 0 bridgehead atoms. The number of carbonyl (C=O) groups excluding carboxylic acids is 3. The van der Waals surface area contributed by atoms with Gasteiger partial charge in [0, 0.05) is 19.3 Å². The molecule has 0 unspecified atom stereocenters. The van der Waals surface area contributed by atoms with Gasteiger partial charge in [0.25, 0.3) is 17.6 Å². The largest absolute Gasteiger partial charge is 0.349 e. The number of hydrogen-bond donors (Lipinski definition) is 2. The summed E-state index contributed by atoms with van der Waals surface area (Å²) in [5, 5.41) is 5.06. The molecule has 2 heterocycles. The maximum absolute atomic E-state index is 12.9. The summed E-state index contributed by atoms with van der Waals surface area (Å²) < 4.78 is 14.4. The fourth-order valence-electron chi connectivity index (χ4n) is 2.63. The minimum Gasteiger partial charge on any atom is -0.349 e. The molecule has 0 aliphatic heterocycles. The SMILES string of the molecule is CCNC(=O)C(=O)c1c(C)c(C(=O)Nc2ccc(F)nc2)n(C)c1C. The van der Waals surface area contributed by atoms with Crippen molar-refractivity contribution in [3.05, 3.63) is 46.8 Å². The van der Waals surface area contributed by atoms with Gasteiger partial charge in [-0.05, 0) is 38.5 Å². The summed E-state index contributed by atoms with van der Waals surface area (Å²) in [5.41, 5.74) is 1.69. The smallest absolute Gasteiger partial charge is 0.292 e. The number of ketones is 1. The Hall–Kier alpha value is -3.03. The van der Waals surface area contributed by atoms with E-state index in [1.54, 1.807) is 32.4 Å². The molecular weight excluding hydrogens is 327 g/mol. The fourth-order valence-corrected chi connectivity index (χ4v) is 2.63. The minimum absolute atomic E-state index is 0.204. The third-order valence-corrected chi connectivity index (χ3v) is 3.90. The number of rotatable bonds is 5. The number of hydrogen-bond acceptors (Lipinski definition) is 4. The molecule has 0 saturated heterocycles. The van der Waals surface area contributed by atoms with Crippen LogP contribution in [0.1, 0.15) is 39.0 Å². The lowest BCUT2D eigenvalue weighted by atomic mass is 10.0. The molecule has 0 fully saturated rings. The van der Waals surface area contributed by atoms with Crippen molar-refractivity contribution in [3.63, 3.8) is 0 Å². The summed E-state index contributed by atoms with van der Waals surface area (Å²) >= 11 is 0. The summed E-state index contributed by atoms with van der Waals surface area (Å²) in [4.78, 5) is 40.2. The summed E-state index contributed by atoms with van der Waals surface area (Å²) in [6, 6.07) is 2.51. The molecule has 0 atom stereocenters. The molecule has 2 aromatic rings. The van der Waals surface area contributed by atoms with Gasteiger partial charge in [-0.3, -0.25) is 14.4 Å². The molecule has 2 N–H and O–H groups in total. The highest BCUT2D eigenvalue weighted by molar-refractivity contribution is 6.43. The van der Waals surface area contributed by atoms with Gasteiger partial charge in [-0.2, -0.15) is 4.39 Å². The van der Waals surface area contributed by atoms with E-state index < -0.39 is 23.5 Å². The van der Waals surface area contributed by atoms with Crippen LogP contribution in [0, 0.1) is 19.8 Å². The first-order chi connectivity index (χ1) is 11.8. The van der Waals surface area contributed by atoms with E-state index in [4.69, 9.17) is 0 Å². The standard InChI is InChI=1S/C17H19FN4O3/c1-5-19-17(25)15(23)13-9(2)14(22(4)10(13)3)16(24)21-11-6-7-12(18)20-8-11/h6-8H,5H2,1-4H3,(H,19,25)(H,21,24). The number of amides is 2. The average molecular weight is 346 g/mol.